The maximum Gasteiger partial charge on any atom is 0.339 e. The first-order chi connectivity index (χ1) is 17.3. The molecule has 0 bridgehead atoms. The lowest BCUT2D eigenvalue weighted by molar-refractivity contribution is 0.0694. The normalized spacial score (nSPS) is 10.7. The molecule has 1 heterocycles. The van der Waals surface area contributed by atoms with Crippen LogP contribution in [-0.2, 0) is 6.54 Å². The lowest BCUT2D eigenvalue weighted by atomic mass is 10.0. The fourth-order valence-electron chi connectivity index (χ4n) is 3.58. The molecule has 0 aliphatic rings. The molecule has 3 aromatic carbocycles. The zero-order valence-electron chi connectivity index (χ0n) is 19.5. The number of halogens is 2. The number of benzene rings is 3. The van der Waals surface area contributed by atoms with Crippen molar-refractivity contribution in [2.75, 3.05) is 12.4 Å². The van der Waals surface area contributed by atoms with Crippen LogP contribution in [0.4, 0.5) is 14.5 Å². The van der Waals surface area contributed by atoms with Crippen molar-refractivity contribution < 1.29 is 28.2 Å². The van der Waals surface area contributed by atoms with Gasteiger partial charge >= 0.3 is 5.97 Å². The molecular formula is C27H23F2N3O4. The molecule has 0 spiro atoms. The summed E-state index contributed by atoms with van der Waals surface area (Å²) in [5.74, 6) is -4.56. The Hall–Kier alpha value is -4.50. The summed E-state index contributed by atoms with van der Waals surface area (Å²) >= 11 is 0. The van der Waals surface area contributed by atoms with Gasteiger partial charge in [0.2, 0.25) is 11.6 Å². The van der Waals surface area contributed by atoms with Gasteiger partial charge in [-0.3, -0.25) is 0 Å². The molecule has 0 aliphatic heterocycles. The van der Waals surface area contributed by atoms with Crippen molar-refractivity contribution in [3.63, 3.8) is 0 Å². The molecule has 0 amide bonds. The second kappa shape index (κ2) is 10.4. The molecule has 0 fully saturated rings. The van der Waals surface area contributed by atoms with Gasteiger partial charge in [-0.25, -0.2) is 4.79 Å². The summed E-state index contributed by atoms with van der Waals surface area (Å²) in [4.78, 5) is 15.5. The molecule has 4 aromatic rings. The Balaban J connectivity index is 1.73. The van der Waals surface area contributed by atoms with Gasteiger partial charge in [0.05, 0.1) is 0 Å². The monoisotopic (exact) mass is 491 g/mol. The number of hydrogen-bond donors (Lipinski definition) is 3. The van der Waals surface area contributed by atoms with Gasteiger partial charge in [0.1, 0.15) is 22.7 Å². The smallest absolute Gasteiger partial charge is 0.339 e. The molecule has 184 valence electrons. The van der Waals surface area contributed by atoms with Gasteiger partial charge in [-0.2, -0.15) is 13.8 Å². The van der Waals surface area contributed by atoms with Crippen LogP contribution in [0.15, 0.2) is 66.7 Å². The average Bonchev–Trinajstić information content (AvgIpc) is 2.87. The molecule has 7 nitrogen and oxygen atoms in total. The van der Waals surface area contributed by atoms with Crippen LogP contribution in [0, 0.1) is 18.6 Å². The van der Waals surface area contributed by atoms with Crippen LogP contribution >= 0.6 is 0 Å². The third kappa shape index (κ3) is 5.11. The Morgan fingerprint density at radius 2 is 1.64 bits per heavy atom. The SMILES string of the molecule is CNc1c(F)c(Oc2cccc(-c3cccc(CN)c3)c2)nc(Oc2cc(C)ccc2C(=O)O)c1F. The molecule has 0 aliphatic carbocycles. The van der Waals surface area contributed by atoms with E-state index in [9.17, 15) is 9.90 Å². The van der Waals surface area contributed by atoms with Crippen LogP contribution in [0.5, 0.6) is 23.3 Å². The van der Waals surface area contributed by atoms with Crippen LogP contribution in [0.2, 0.25) is 0 Å². The van der Waals surface area contributed by atoms with Crippen molar-refractivity contribution in [2.45, 2.75) is 13.5 Å². The molecule has 0 saturated heterocycles. The summed E-state index contributed by atoms with van der Waals surface area (Å²) in [6.45, 7) is 2.10. The number of ether oxygens (including phenoxy) is 2. The molecule has 0 unspecified atom stereocenters. The third-order valence-electron chi connectivity index (χ3n) is 5.39. The largest absolute Gasteiger partial charge is 0.478 e. The Kier molecular flexibility index (Phi) is 7.12. The molecule has 1 aromatic heterocycles. The first-order valence-corrected chi connectivity index (χ1v) is 11.0. The van der Waals surface area contributed by atoms with Crippen molar-refractivity contribution in [3.8, 4) is 34.4 Å². The molecule has 0 atom stereocenters. The number of carbonyl (C=O) groups is 1. The number of nitrogens with one attached hydrogen (secondary N) is 1. The zero-order valence-corrected chi connectivity index (χ0v) is 19.5. The Bertz CT molecular complexity index is 1440. The standard InChI is InChI=1S/C27H23F2N3O4/c1-15-9-10-20(27(33)34)21(11-15)36-26-23(29)24(31-2)22(28)25(32-26)35-19-8-4-7-18(13-19)17-6-3-5-16(12-17)14-30/h3-13H,14,30H2,1-2H3,(H,31,32)(H,33,34). The van der Waals surface area contributed by atoms with Crippen LogP contribution in [-0.4, -0.2) is 23.1 Å². The minimum Gasteiger partial charge on any atom is -0.478 e. The van der Waals surface area contributed by atoms with Gasteiger partial charge in [0, 0.05) is 13.6 Å². The third-order valence-corrected chi connectivity index (χ3v) is 5.39. The minimum atomic E-state index is -1.27. The van der Waals surface area contributed by atoms with Crippen molar-refractivity contribution in [1.82, 2.24) is 4.98 Å². The average molecular weight is 491 g/mol. The van der Waals surface area contributed by atoms with Crippen molar-refractivity contribution in [3.05, 3.63) is 95.1 Å². The predicted octanol–water partition coefficient (Wildman–Crippen LogP) is 6.12. The number of aromatic nitrogens is 1. The second-order valence-electron chi connectivity index (χ2n) is 7.92. The maximum atomic E-state index is 15.1. The van der Waals surface area contributed by atoms with Crippen molar-refractivity contribution in [1.29, 1.82) is 0 Å². The highest BCUT2D eigenvalue weighted by Crippen LogP contribution is 2.37. The Morgan fingerprint density at radius 1 is 0.972 bits per heavy atom. The van der Waals surface area contributed by atoms with E-state index < -0.39 is 35.1 Å². The maximum absolute atomic E-state index is 15.1. The van der Waals surface area contributed by atoms with E-state index in [1.165, 1.54) is 19.2 Å². The number of rotatable bonds is 8. The Morgan fingerprint density at radius 3 is 2.31 bits per heavy atom. The topological polar surface area (TPSA) is 107 Å². The Labute approximate surface area is 206 Å². The van der Waals surface area contributed by atoms with Gasteiger partial charge < -0.3 is 25.6 Å². The van der Waals surface area contributed by atoms with Crippen LogP contribution in [0.3, 0.4) is 0 Å². The van der Waals surface area contributed by atoms with Gasteiger partial charge in [-0.15, -0.1) is 0 Å². The van der Waals surface area contributed by atoms with Crippen LogP contribution in [0.25, 0.3) is 11.1 Å². The summed E-state index contributed by atoms with van der Waals surface area (Å²) in [5.41, 5.74) is 8.30. The lowest BCUT2D eigenvalue weighted by Crippen LogP contribution is -2.06. The summed E-state index contributed by atoms with van der Waals surface area (Å²) < 4.78 is 41.3. The van der Waals surface area contributed by atoms with Gasteiger partial charge in [-0.05, 0) is 59.5 Å². The van der Waals surface area contributed by atoms with Gasteiger partial charge in [0.15, 0.2) is 0 Å². The summed E-state index contributed by atoms with van der Waals surface area (Å²) in [6.07, 6.45) is 0. The predicted molar refractivity (Wildman–Crippen MR) is 132 cm³/mol. The van der Waals surface area contributed by atoms with E-state index in [4.69, 9.17) is 15.2 Å². The van der Waals surface area contributed by atoms with E-state index in [0.717, 1.165) is 16.7 Å². The number of aryl methyl sites for hydroxylation is 1. The number of pyridine rings is 1. The fourth-order valence-corrected chi connectivity index (χ4v) is 3.58. The van der Waals surface area contributed by atoms with Crippen LogP contribution in [0.1, 0.15) is 21.5 Å². The minimum absolute atomic E-state index is 0.143. The highest BCUT2D eigenvalue weighted by Gasteiger charge is 2.24. The molecule has 4 N–H and O–H groups in total. The van der Waals surface area contributed by atoms with E-state index in [1.54, 1.807) is 31.2 Å². The first-order valence-electron chi connectivity index (χ1n) is 11.0. The zero-order chi connectivity index (χ0) is 25.8. The van der Waals surface area contributed by atoms with Crippen LogP contribution < -0.4 is 20.5 Å². The number of hydrogen-bond acceptors (Lipinski definition) is 6. The van der Waals surface area contributed by atoms with Gasteiger partial charge in [-0.1, -0.05) is 36.4 Å². The number of carboxylic acid groups (broad SMARTS) is 1. The first kappa shape index (κ1) is 24.6. The summed E-state index contributed by atoms with van der Waals surface area (Å²) in [6, 6.07) is 18.8. The lowest BCUT2D eigenvalue weighted by Gasteiger charge is -2.15. The summed E-state index contributed by atoms with van der Waals surface area (Å²) in [5, 5.41) is 11.9. The molecule has 36 heavy (non-hydrogen) atoms. The second-order valence-corrected chi connectivity index (χ2v) is 7.92. The van der Waals surface area contributed by atoms with E-state index in [-0.39, 0.29) is 17.1 Å². The van der Waals surface area contributed by atoms with E-state index in [0.29, 0.717) is 12.1 Å². The van der Waals surface area contributed by atoms with E-state index >= 15 is 8.78 Å². The van der Waals surface area contributed by atoms with Crippen molar-refractivity contribution in [2.24, 2.45) is 5.73 Å². The van der Waals surface area contributed by atoms with E-state index in [1.807, 2.05) is 30.3 Å². The molecule has 9 heteroatoms. The van der Waals surface area contributed by atoms with Gasteiger partial charge in [0.25, 0.3) is 11.8 Å². The highest BCUT2D eigenvalue weighted by molar-refractivity contribution is 5.91. The van der Waals surface area contributed by atoms with Crippen molar-refractivity contribution >= 4 is 11.7 Å². The fraction of sp³-hybridized carbons (Fsp3) is 0.111. The number of nitrogens with zero attached hydrogens (tertiary/aromatic N) is 1. The summed E-state index contributed by atoms with van der Waals surface area (Å²) in [7, 11) is 1.33. The highest BCUT2D eigenvalue weighted by atomic mass is 19.1. The molecular weight excluding hydrogens is 468 g/mol. The molecule has 0 radical (unpaired) electrons. The molecule has 0 saturated carbocycles. The van der Waals surface area contributed by atoms with E-state index in [2.05, 4.69) is 10.3 Å². The quantitative estimate of drug-likeness (QED) is 0.273. The number of aromatic carboxylic acids is 1. The number of anilines is 1. The number of nitrogens with two attached hydrogens (primary N) is 1. The molecule has 4 rings (SSSR count). The number of carboxylic acids is 1.